The van der Waals surface area contributed by atoms with Crippen LogP contribution in [0.4, 0.5) is 10.7 Å². The number of carbonyl (C=O) groups is 3. The average molecular weight is 474 g/mol. The highest BCUT2D eigenvalue weighted by atomic mass is 32.2. The minimum atomic E-state index is -3.94. The van der Waals surface area contributed by atoms with Gasteiger partial charge in [-0.05, 0) is 54.3 Å². The van der Waals surface area contributed by atoms with Crippen LogP contribution in [0, 0.1) is 6.92 Å². The third-order valence-electron chi connectivity index (χ3n) is 4.17. The first kappa shape index (κ1) is 23.0. The first-order valence-corrected chi connectivity index (χ1v) is 11.6. The van der Waals surface area contributed by atoms with Crippen LogP contribution >= 0.6 is 11.3 Å². The number of nitrogens with one attached hydrogen (secondary N) is 2. The van der Waals surface area contributed by atoms with Crippen LogP contribution in [0.15, 0.2) is 64.9 Å². The summed E-state index contributed by atoms with van der Waals surface area (Å²) in [5.41, 5.74) is 6.59. The number of nitrogens with two attached hydrogens (primary N) is 1. The summed E-state index contributed by atoms with van der Waals surface area (Å²) in [6.07, 6.45) is 0. The molecule has 0 spiro atoms. The second-order valence-electron chi connectivity index (χ2n) is 6.65. The molecule has 0 bridgehead atoms. The van der Waals surface area contributed by atoms with Gasteiger partial charge in [-0.25, -0.2) is 13.2 Å². The zero-order valence-corrected chi connectivity index (χ0v) is 18.5. The maximum Gasteiger partial charge on any atom is 0.338 e. The van der Waals surface area contributed by atoms with Crippen molar-refractivity contribution >= 4 is 49.8 Å². The Bertz CT molecular complexity index is 1280. The van der Waals surface area contributed by atoms with Gasteiger partial charge in [0.15, 0.2) is 6.61 Å². The Morgan fingerprint density at radius 2 is 1.81 bits per heavy atom. The number of ether oxygens (including phenoxy) is 1. The highest BCUT2D eigenvalue weighted by molar-refractivity contribution is 7.92. The fourth-order valence-corrected chi connectivity index (χ4v) is 4.59. The van der Waals surface area contributed by atoms with Crippen molar-refractivity contribution in [3.8, 4) is 0 Å². The van der Waals surface area contributed by atoms with Gasteiger partial charge >= 0.3 is 5.97 Å². The number of benzene rings is 2. The standard InChI is InChI=1S/C21H19N3O6S2/c1-13-4-2-6-15(10-13)24-32(28,29)16-7-3-5-14(11-16)21(27)30-12-18(25)23-20-17(19(22)26)8-9-31-20/h2-11,24H,12H2,1H3,(H2,22,26)(H,23,25). The van der Waals surface area contributed by atoms with Gasteiger partial charge in [0.05, 0.1) is 16.0 Å². The molecule has 1 aromatic heterocycles. The van der Waals surface area contributed by atoms with Gasteiger partial charge in [0, 0.05) is 5.69 Å². The molecule has 0 fully saturated rings. The van der Waals surface area contributed by atoms with E-state index in [0.29, 0.717) is 5.69 Å². The molecule has 3 aromatic rings. The Morgan fingerprint density at radius 1 is 1.06 bits per heavy atom. The monoisotopic (exact) mass is 473 g/mol. The molecule has 11 heteroatoms. The van der Waals surface area contributed by atoms with Crippen LogP contribution in [0.1, 0.15) is 26.3 Å². The number of rotatable bonds is 8. The lowest BCUT2D eigenvalue weighted by Crippen LogP contribution is -2.22. The van der Waals surface area contributed by atoms with E-state index in [9.17, 15) is 22.8 Å². The summed E-state index contributed by atoms with van der Waals surface area (Å²) in [6.45, 7) is 1.20. The van der Waals surface area contributed by atoms with Crippen LogP contribution in [0.2, 0.25) is 0 Å². The lowest BCUT2D eigenvalue weighted by Gasteiger charge is -2.10. The number of amides is 2. The molecule has 1 heterocycles. The van der Waals surface area contributed by atoms with Crippen molar-refractivity contribution < 1.29 is 27.5 Å². The highest BCUT2D eigenvalue weighted by Gasteiger charge is 2.19. The fraction of sp³-hybridized carbons (Fsp3) is 0.0952. The molecule has 0 atom stereocenters. The van der Waals surface area contributed by atoms with Crippen molar-refractivity contribution in [2.45, 2.75) is 11.8 Å². The lowest BCUT2D eigenvalue weighted by molar-refractivity contribution is -0.119. The Balaban J connectivity index is 1.65. The molecule has 0 unspecified atom stereocenters. The molecule has 0 aliphatic carbocycles. The fourth-order valence-electron chi connectivity index (χ4n) is 2.69. The summed E-state index contributed by atoms with van der Waals surface area (Å²) >= 11 is 1.10. The van der Waals surface area contributed by atoms with E-state index in [1.165, 1.54) is 24.3 Å². The van der Waals surface area contributed by atoms with Gasteiger partial charge in [0.2, 0.25) is 0 Å². The minimum Gasteiger partial charge on any atom is -0.452 e. The molecule has 2 aromatic carbocycles. The molecule has 0 aliphatic heterocycles. The van der Waals surface area contributed by atoms with Crippen molar-refractivity contribution in [3.05, 3.63) is 76.7 Å². The van der Waals surface area contributed by atoms with Gasteiger partial charge in [-0.2, -0.15) is 0 Å². The van der Waals surface area contributed by atoms with Crippen LogP contribution in [-0.4, -0.2) is 32.8 Å². The molecular formula is C21H19N3O6S2. The van der Waals surface area contributed by atoms with Gasteiger partial charge in [-0.1, -0.05) is 18.2 Å². The number of hydrogen-bond donors (Lipinski definition) is 3. The molecule has 0 saturated carbocycles. The highest BCUT2D eigenvalue weighted by Crippen LogP contribution is 2.22. The molecular weight excluding hydrogens is 454 g/mol. The Labute approximate surface area is 188 Å². The zero-order chi connectivity index (χ0) is 23.3. The van der Waals surface area contributed by atoms with Gasteiger partial charge < -0.3 is 15.8 Å². The topological polar surface area (TPSA) is 145 Å². The predicted molar refractivity (Wildman–Crippen MR) is 120 cm³/mol. The number of primary amides is 1. The molecule has 0 saturated heterocycles. The summed E-state index contributed by atoms with van der Waals surface area (Å²) in [4.78, 5) is 35.5. The number of hydrogen-bond acceptors (Lipinski definition) is 7. The maximum absolute atomic E-state index is 12.7. The van der Waals surface area contributed by atoms with E-state index in [0.717, 1.165) is 23.0 Å². The van der Waals surface area contributed by atoms with Crippen LogP contribution in [0.25, 0.3) is 0 Å². The molecule has 3 rings (SSSR count). The van der Waals surface area contributed by atoms with E-state index < -0.39 is 34.4 Å². The zero-order valence-electron chi connectivity index (χ0n) is 16.8. The third kappa shape index (κ3) is 5.71. The summed E-state index contributed by atoms with van der Waals surface area (Å²) in [5, 5.41) is 4.27. The smallest absolute Gasteiger partial charge is 0.338 e. The Hall–Kier alpha value is -3.70. The lowest BCUT2D eigenvalue weighted by atomic mass is 10.2. The first-order chi connectivity index (χ1) is 15.2. The van der Waals surface area contributed by atoms with Crippen molar-refractivity contribution in [2.75, 3.05) is 16.6 Å². The number of anilines is 2. The van der Waals surface area contributed by atoms with E-state index in [1.807, 2.05) is 13.0 Å². The summed E-state index contributed by atoms with van der Waals surface area (Å²) < 4.78 is 32.7. The van der Waals surface area contributed by atoms with E-state index in [2.05, 4.69) is 10.0 Å². The van der Waals surface area contributed by atoms with Gasteiger partial charge in [0.25, 0.3) is 21.8 Å². The molecule has 32 heavy (non-hydrogen) atoms. The minimum absolute atomic E-state index is 0.0427. The van der Waals surface area contributed by atoms with Crippen molar-refractivity contribution in [1.29, 1.82) is 0 Å². The van der Waals surface area contributed by atoms with Crippen LogP contribution < -0.4 is 15.8 Å². The summed E-state index contributed by atoms with van der Waals surface area (Å²) in [6, 6.07) is 13.6. The molecule has 9 nitrogen and oxygen atoms in total. The number of aryl methyl sites for hydroxylation is 1. The molecule has 0 radical (unpaired) electrons. The van der Waals surface area contributed by atoms with E-state index in [1.54, 1.807) is 23.6 Å². The SMILES string of the molecule is Cc1cccc(NS(=O)(=O)c2cccc(C(=O)OCC(=O)Nc3sccc3C(N)=O)c2)c1. The average Bonchev–Trinajstić information content (AvgIpc) is 3.20. The van der Waals surface area contributed by atoms with E-state index in [-0.39, 0.29) is 21.0 Å². The van der Waals surface area contributed by atoms with Crippen molar-refractivity contribution in [1.82, 2.24) is 0 Å². The van der Waals surface area contributed by atoms with Crippen molar-refractivity contribution in [3.63, 3.8) is 0 Å². The maximum atomic E-state index is 12.7. The number of esters is 1. The van der Waals surface area contributed by atoms with Gasteiger partial charge in [-0.3, -0.25) is 14.3 Å². The second kappa shape index (κ2) is 9.62. The number of sulfonamides is 1. The van der Waals surface area contributed by atoms with Crippen molar-refractivity contribution in [2.24, 2.45) is 5.73 Å². The third-order valence-corrected chi connectivity index (χ3v) is 6.38. The Kier molecular flexibility index (Phi) is 6.91. The summed E-state index contributed by atoms with van der Waals surface area (Å²) in [5.74, 6) is -2.25. The number of carbonyl (C=O) groups excluding carboxylic acids is 3. The first-order valence-electron chi connectivity index (χ1n) is 9.19. The predicted octanol–water partition coefficient (Wildman–Crippen LogP) is 2.75. The Morgan fingerprint density at radius 3 is 2.53 bits per heavy atom. The molecule has 0 aliphatic rings. The molecule has 2 amide bonds. The van der Waals surface area contributed by atoms with Gasteiger partial charge in [0.1, 0.15) is 5.00 Å². The molecule has 166 valence electrons. The van der Waals surface area contributed by atoms with E-state index >= 15 is 0 Å². The normalized spacial score (nSPS) is 10.9. The second-order valence-corrected chi connectivity index (χ2v) is 9.25. The summed E-state index contributed by atoms with van der Waals surface area (Å²) in [7, 11) is -3.94. The molecule has 4 N–H and O–H groups in total. The van der Waals surface area contributed by atoms with Gasteiger partial charge in [-0.15, -0.1) is 11.3 Å². The largest absolute Gasteiger partial charge is 0.452 e. The van der Waals surface area contributed by atoms with Crippen LogP contribution in [0.3, 0.4) is 0 Å². The van der Waals surface area contributed by atoms with Crippen LogP contribution in [0.5, 0.6) is 0 Å². The quantitative estimate of drug-likeness (QED) is 0.429. The van der Waals surface area contributed by atoms with E-state index in [4.69, 9.17) is 10.5 Å². The van der Waals surface area contributed by atoms with Crippen LogP contribution in [-0.2, 0) is 19.6 Å². The number of thiophene rings is 1.